The molecule has 0 radical (unpaired) electrons. The first kappa shape index (κ1) is 16.3. The van der Waals surface area contributed by atoms with Crippen LogP contribution in [0.4, 0.5) is 4.79 Å². The fourth-order valence-corrected chi connectivity index (χ4v) is 2.55. The molecule has 0 saturated carbocycles. The molecule has 0 N–H and O–H groups in total. The minimum absolute atomic E-state index is 0.117. The number of nitrogens with zero attached hydrogens (tertiary/aromatic N) is 2. The molecule has 5 heteroatoms. The Labute approximate surface area is 131 Å². The number of piperazine rings is 1. The lowest BCUT2D eigenvalue weighted by Gasteiger charge is -2.34. The second kappa shape index (κ2) is 7.29. The summed E-state index contributed by atoms with van der Waals surface area (Å²) >= 11 is 0. The van der Waals surface area contributed by atoms with Gasteiger partial charge in [0, 0.05) is 26.2 Å². The van der Waals surface area contributed by atoms with Gasteiger partial charge < -0.3 is 14.5 Å². The van der Waals surface area contributed by atoms with Crippen molar-refractivity contribution in [3.63, 3.8) is 0 Å². The summed E-state index contributed by atoms with van der Waals surface area (Å²) < 4.78 is 4.98. The molecule has 0 bridgehead atoms. The molecule has 22 heavy (non-hydrogen) atoms. The molecule has 0 spiro atoms. The SMILES string of the molecule is CCOC(=O)N1CCN(C(=O)Cc2ccc(C)c(C)c2)CC1. The van der Waals surface area contributed by atoms with Crippen LogP contribution in [0.2, 0.25) is 0 Å². The molecule has 2 amide bonds. The predicted octanol–water partition coefficient (Wildman–Crippen LogP) is 2.15. The van der Waals surface area contributed by atoms with Crippen molar-refractivity contribution in [2.45, 2.75) is 27.2 Å². The van der Waals surface area contributed by atoms with Crippen LogP contribution in [-0.4, -0.2) is 54.6 Å². The summed E-state index contributed by atoms with van der Waals surface area (Å²) in [4.78, 5) is 27.5. The lowest BCUT2D eigenvalue weighted by molar-refractivity contribution is -0.132. The number of ether oxygens (including phenoxy) is 1. The Bertz CT molecular complexity index is 549. The van der Waals surface area contributed by atoms with E-state index in [0.717, 1.165) is 5.56 Å². The van der Waals surface area contributed by atoms with Gasteiger partial charge in [0.05, 0.1) is 13.0 Å². The summed E-state index contributed by atoms with van der Waals surface area (Å²) in [6.45, 7) is 8.52. The molecule has 1 heterocycles. The molecule has 1 aromatic rings. The normalized spacial score (nSPS) is 14.9. The van der Waals surface area contributed by atoms with Crippen LogP contribution in [-0.2, 0) is 16.0 Å². The average molecular weight is 304 g/mol. The lowest BCUT2D eigenvalue weighted by atomic mass is 10.0. The van der Waals surface area contributed by atoms with Crippen molar-refractivity contribution in [2.75, 3.05) is 32.8 Å². The number of carbonyl (C=O) groups excluding carboxylic acids is 2. The molecule has 120 valence electrons. The Kier molecular flexibility index (Phi) is 5.41. The molecule has 1 aliphatic rings. The molecule has 2 rings (SSSR count). The fraction of sp³-hybridized carbons (Fsp3) is 0.529. The first-order chi connectivity index (χ1) is 10.5. The molecular formula is C17H24N2O3. The number of carbonyl (C=O) groups is 2. The smallest absolute Gasteiger partial charge is 0.409 e. The quantitative estimate of drug-likeness (QED) is 0.859. The van der Waals surface area contributed by atoms with Gasteiger partial charge in [0.2, 0.25) is 5.91 Å². The average Bonchev–Trinajstić information content (AvgIpc) is 2.51. The van der Waals surface area contributed by atoms with Crippen molar-refractivity contribution in [1.82, 2.24) is 9.80 Å². The van der Waals surface area contributed by atoms with E-state index in [9.17, 15) is 9.59 Å². The summed E-state index contributed by atoms with van der Waals surface area (Å²) in [6, 6.07) is 6.13. The van der Waals surface area contributed by atoms with E-state index in [4.69, 9.17) is 4.74 Å². The van der Waals surface area contributed by atoms with E-state index in [-0.39, 0.29) is 12.0 Å². The summed E-state index contributed by atoms with van der Waals surface area (Å²) in [6.07, 6.45) is 0.129. The van der Waals surface area contributed by atoms with Gasteiger partial charge in [0.15, 0.2) is 0 Å². The highest BCUT2D eigenvalue weighted by Gasteiger charge is 2.24. The van der Waals surface area contributed by atoms with Crippen molar-refractivity contribution in [3.05, 3.63) is 34.9 Å². The van der Waals surface area contributed by atoms with Crippen LogP contribution in [0.5, 0.6) is 0 Å². The third-order valence-corrected chi connectivity index (χ3v) is 4.09. The number of amides is 2. The number of hydrogen-bond acceptors (Lipinski definition) is 3. The molecule has 1 fully saturated rings. The standard InChI is InChI=1S/C17H24N2O3/c1-4-22-17(21)19-9-7-18(8-10-19)16(20)12-15-6-5-13(2)14(3)11-15/h5-6,11H,4,7-10,12H2,1-3H3. The molecule has 1 saturated heterocycles. The number of aryl methyl sites for hydroxylation is 2. The molecule has 5 nitrogen and oxygen atoms in total. The second-order valence-electron chi connectivity index (χ2n) is 5.66. The molecule has 0 aliphatic carbocycles. The van der Waals surface area contributed by atoms with Crippen LogP contribution >= 0.6 is 0 Å². The van der Waals surface area contributed by atoms with Gasteiger partial charge in [-0.25, -0.2) is 4.79 Å². The largest absolute Gasteiger partial charge is 0.450 e. The minimum atomic E-state index is -0.288. The van der Waals surface area contributed by atoms with E-state index < -0.39 is 0 Å². The van der Waals surface area contributed by atoms with E-state index >= 15 is 0 Å². The van der Waals surface area contributed by atoms with Crippen molar-refractivity contribution >= 4 is 12.0 Å². The van der Waals surface area contributed by atoms with Gasteiger partial charge in [-0.15, -0.1) is 0 Å². The van der Waals surface area contributed by atoms with Gasteiger partial charge in [-0.1, -0.05) is 18.2 Å². The maximum Gasteiger partial charge on any atom is 0.409 e. The Morgan fingerprint density at radius 2 is 1.68 bits per heavy atom. The van der Waals surface area contributed by atoms with E-state index in [1.54, 1.807) is 11.8 Å². The maximum atomic E-state index is 12.4. The van der Waals surface area contributed by atoms with Gasteiger partial charge in [-0.05, 0) is 37.5 Å². The van der Waals surface area contributed by atoms with Crippen molar-refractivity contribution in [3.8, 4) is 0 Å². The highest BCUT2D eigenvalue weighted by atomic mass is 16.6. The van der Waals surface area contributed by atoms with Crippen LogP contribution < -0.4 is 0 Å². The molecule has 0 unspecified atom stereocenters. The Morgan fingerprint density at radius 3 is 2.27 bits per heavy atom. The lowest BCUT2D eigenvalue weighted by Crippen LogP contribution is -2.51. The monoisotopic (exact) mass is 304 g/mol. The van der Waals surface area contributed by atoms with E-state index in [0.29, 0.717) is 39.2 Å². The Morgan fingerprint density at radius 1 is 1.05 bits per heavy atom. The predicted molar refractivity (Wildman–Crippen MR) is 84.8 cm³/mol. The third-order valence-electron chi connectivity index (χ3n) is 4.09. The highest BCUT2D eigenvalue weighted by molar-refractivity contribution is 5.79. The summed E-state index contributed by atoms with van der Waals surface area (Å²) in [5.74, 6) is 0.117. The third kappa shape index (κ3) is 4.00. The fourth-order valence-electron chi connectivity index (χ4n) is 2.55. The molecule has 0 aromatic heterocycles. The summed E-state index contributed by atoms with van der Waals surface area (Å²) in [7, 11) is 0. The van der Waals surface area contributed by atoms with Crippen molar-refractivity contribution in [1.29, 1.82) is 0 Å². The zero-order valence-corrected chi connectivity index (χ0v) is 13.6. The van der Waals surface area contributed by atoms with Gasteiger partial charge in [0.1, 0.15) is 0 Å². The number of benzene rings is 1. The van der Waals surface area contributed by atoms with E-state index in [2.05, 4.69) is 26.0 Å². The van der Waals surface area contributed by atoms with Crippen LogP contribution in [0.1, 0.15) is 23.6 Å². The van der Waals surface area contributed by atoms with Crippen LogP contribution in [0.3, 0.4) is 0 Å². The zero-order valence-electron chi connectivity index (χ0n) is 13.6. The first-order valence-electron chi connectivity index (χ1n) is 7.77. The van der Waals surface area contributed by atoms with Crippen LogP contribution in [0.15, 0.2) is 18.2 Å². The minimum Gasteiger partial charge on any atom is -0.450 e. The van der Waals surface area contributed by atoms with Crippen LogP contribution in [0.25, 0.3) is 0 Å². The van der Waals surface area contributed by atoms with Crippen molar-refractivity contribution in [2.24, 2.45) is 0 Å². The van der Waals surface area contributed by atoms with E-state index in [1.165, 1.54) is 11.1 Å². The van der Waals surface area contributed by atoms with Gasteiger partial charge in [-0.2, -0.15) is 0 Å². The first-order valence-corrected chi connectivity index (χ1v) is 7.77. The Hall–Kier alpha value is -2.04. The van der Waals surface area contributed by atoms with Gasteiger partial charge in [-0.3, -0.25) is 4.79 Å². The molecule has 0 atom stereocenters. The summed E-state index contributed by atoms with van der Waals surface area (Å²) in [5.41, 5.74) is 3.48. The van der Waals surface area contributed by atoms with Gasteiger partial charge >= 0.3 is 6.09 Å². The summed E-state index contributed by atoms with van der Waals surface area (Å²) in [5, 5.41) is 0. The molecule has 1 aliphatic heterocycles. The maximum absolute atomic E-state index is 12.4. The second-order valence-corrected chi connectivity index (χ2v) is 5.66. The van der Waals surface area contributed by atoms with Gasteiger partial charge in [0.25, 0.3) is 0 Å². The van der Waals surface area contributed by atoms with E-state index in [1.807, 2.05) is 11.0 Å². The zero-order chi connectivity index (χ0) is 16.1. The topological polar surface area (TPSA) is 49.9 Å². The highest BCUT2D eigenvalue weighted by Crippen LogP contribution is 2.12. The number of rotatable bonds is 3. The Balaban J connectivity index is 1.87. The van der Waals surface area contributed by atoms with Crippen molar-refractivity contribution < 1.29 is 14.3 Å². The molecular weight excluding hydrogens is 280 g/mol. The van der Waals surface area contributed by atoms with Crippen LogP contribution in [0, 0.1) is 13.8 Å². The molecule has 1 aromatic carbocycles. The number of hydrogen-bond donors (Lipinski definition) is 0.